The number of benzene rings is 1. The zero-order valence-electron chi connectivity index (χ0n) is 20.9. The third kappa shape index (κ3) is 5.82. The van der Waals surface area contributed by atoms with Crippen molar-refractivity contribution in [2.75, 3.05) is 38.0 Å². The average molecular weight is 501 g/mol. The largest absolute Gasteiger partial charge is 0.349 e. The van der Waals surface area contributed by atoms with E-state index in [1.807, 2.05) is 11.8 Å². The fraction of sp³-hybridized carbons (Fsp3) is 0.654. The molecule has 1 spiro atoms. The second-order valence-electron chi connectivity index (χ2n) is 11.0. The van der Waals surface area contributed by atoms with Gasteiger partial charge in [-0.2, -0.15) is 0 Å². The average Bonchev–Trinajstić information content (AvgIpc) is 3.29. The first-order chi connectivity index (χ1) is 16.5. The number of ketones is 1. The van der Waals surface area contributed by atoms with E-state index in [1.165, 1.54) is 11.1 Å². The normalized spacial score (nSPS) is 25.8. The fourth-order valence-corrected chi connectivity index (χ4v) is 6.61. The van der Waals surface area contributed by atoms with Crippen LogP contribution >= 0.6 is 12.2 Å². The zero-order valence-corrected chi connectivity index (χ0v) is 21.7. The molecule has 2 saturated heterocycles. The molecule has 1 amide bonds. The summed E-state index contributed by atoms with van der Waals surface area (Å²) < 4.78 is 0. The van der Waals surface area contributed by atoms with Crippen LogP contribution in [0.2, 0.25) is 0 Å². The van der Waals surface area contributed by atoms with Gasteiger partial charge in [-0.3, -0.25) is 19.7 Å². The molecule has 4 rings (SSSR count). The number of nitrogens with zero attached hydrogens (tertiary/aromatic N) is 3. The Labute approximate surface area is 212 Å². The van der Waals surface area contributed by atoms with Gasteiger partial charge in [0.15, 0.2) is 5.11 Å². The maximum atomic E-state index is 13.1. The van der Waals surface area contributed by atoms with E-state index < -0.39 is 5.92 Å². The molecule has 8 nitrogen and oxygen atoms in total. The van der Waals surface area contributed by atoms with Crippen molar-refractivity contribution in [1.82, 2.24) is 9.80 Å². The van der Waals surface area contributed by atoms with Crippen LogP contribution in [0.5, 0.6) is 0 Å². The summed E-state index contributed by atoms with van der Waals surface area (Å²) in [7, 11) is 0. The molecule has 3 fully saturated rings. The zero-order chi connectivity index (χ0) is 25.3. The minimum absolute atomic E-state index is 0.00438. The standard InChI is InChI=1S/C26H36N4O4S/c1-17-10-18(2)12-20(11-17)27-25(35)28-7-4-26(5-8-28)6-9-29(16-26)24(32)14-21-22(15-30(33)34)19(3)13-23(21)31/h10-12,19,21-22H,4-9,13-16H2,1-3H3,(H,27,35). The number of thiocarbonyl (C=S) groups is 1. The molecule has 1 aliphatic carbocycles. The third-order valence-corrected chi connectivity index (χ3v) is 8.67. The lowest BCUT2D eigenvalue weighted by Crippen LogP contribution is -2.46. The first-order valence-electron chi connectivity index (χ1n) is 12.6. The summed E-state index contributed by atoms with van der Waals surface area (Å²) >= 11 is 5.68. The van der Waals surface area contributed by atoms with Crippen LogP contribution < -0.4 is 5.32 Å². The molecule has 3 unspecified atom stereocenters. The maximum absolute atomic E-state index is 13.1. The number of aryl methyl sites for hydroxylation is 2. The highest BCUT2D eigenvalue weighted by molar-refractivity contribution is 7.80. The van der Waals surface area contributed by atoms with Crippen LogP contribution in [0.25, 0.3) is 0 Å². The number of likely N-dealkylation sites (tertiary alicyclic amines) is 2. The van der Waals surface area contributed by atoms with E-state index in [1.54, 1.807) is 0 Å². The van der Waals surface area contributed by atoms with Gasteiger partial charge >= 0.3 is 0 Å². The molecule has 0 bridgehead atoms. The minimum atomic E-state index is -0.519. The molecule has 1 saturated carbocycles. The molecule has 2 aliphatic heterocycles. The number of hydrogen-bond acceptors (Lipinski definition) is 5. The lowest BCUT2D eigenvalue weighted by Gasteiger charge is -2.40. The molecule has 35 heavy (non-hydrogen) atoms. The van der Waals surface area contributed by atoms with E-state index in [-0.39, 0.29) is 46.8 Å². The van der Waals surface area contributed by atoms with Gasteiger partial charge in [0.1, 0.15) is 5.78 Å². The molecule has 1 N–H and O–H groups in total. The molecule has 2 heterocycles. The number of nitrogens with one attached hydrogen (secondary N) is 1. The Morgan fingerprint density at radius 1 is 1.14 bits per heavy atom. The van der Waals surface area contributed by atoms with Gasteiger partial charge in [-0.1, -0.05) is 13.0 Å². The van der Waals surface area contributed by atoms with Crippen LogP contribution in [0.3, 0.4) is 0 Å². The second kappa shape index (κ2) is 10.2. The van der Waals surface area contributed by atoms with Gasteiger partial charge in [-0.25, -0.2) is 0 Å². The van der Waals surface area contributed by atoms with Crippen LogP contribution in [0, 0.1) is 47.1 Å². The van der Waals surface area contributed by atoms with Gasteiger partial charge in [0.25, 0.3) is 0 Å². The van der Waals surface area contributed by atoms with Crippen molar-refractivity contribution in [2.24, 2.45) is 23.2 Å². The highest BCUT2D eigenvalue weighted by Crippen LogP contribution is 2.42. The number of nitro groups is 1. The Morgan fingerprint density at radius 2 is 1.74 bits per heavy atom. The van der Waals surface area contributed by atoms with Crippen LogP contribution in [0.1, 0.15) is 50.2 Å². The van der Waals surface area contributed by atoms with Crippen molar-refractivity contribution in [3.05, 3.63) is 39.4 Å². The minimum Gasteiger partial charge on any atom is -0.349 e. The topological polar surface area (TPSA) is 95.8 Å². The number of carbonyl (C=O) groups is 2. The van der Waals surface area contributed by atoms with Crippen molar-refractivity contribution < 1.29 is 14.5 Å². The quantitative estimate of drug-likeness (QED) is 0.373. The number of piperidine rings is 1. The van der Waals surface area contributed by atoms with Crippen LogP contribution in [0.15, 0.2) is 18.2 Å². The van der Waals surface area contributed by atoms with E-state index in [2.05, 4.69) is 42.3 Å². The van der Waals surface area contributed by atoms with E-state index >= 15 is 0 Å². The van der Waals surface area contributed by atoms with E-state index in [4.69, 9.17) is 12.2 Å². The van der Waals surface area contributed by atoms with Crippen LogP contribution in [-0.2, 0) is 9.59 Å². The summed E-state index contributed by atoms with van der Waals surface area (Å²) in [4.78, 5) is 40.4. The fourth-order valence-electron chi connectivity index (χ4n) is 6.31. The van der Waals surface area contributed by atoms with Gasteiger partial charge in [-0.05, 0) is 79.9 Å². The molecule has 1 aromatic rings. The monoisotopic (exact) mass is 500 g/mol. The second-order valence-corrected chi connectivity index (χ2v) is 11.4. The molecule has 1 aromatic carbocycles. The van der Waals surface area contributed by atoms with Gasteiger partial charge < -0.3 is 15.1 Å². The Hall–Kier alpha value is -2.55. The number of Topliss-reactive ketones (excluding diaryl/α,β-unsaturated/α-hetero) is 1. The van der Waals surface area contributed by atoms with Crippen molar-refractivity contribution in [3.8, 4) is 0 Å². The highest BCUT2D eigenvalue weighted by Gasteiger charge is 2.46. The van der Waals surface area contributed by atoms with Gasteiger partial charge in [-0.15, -0.1) is 0 Å². The number of anilines is 1. The predicted molar refractivity (Wildman–Crippen MR) is 139 cm³/mol. The highest BCUT2D eigenvalue weighted by atomic mass is 32.1. The Kier molecular flexibility index (Phi) is 7.45. The smallest absolute Gasteiger partial charge is 0.223 e. The van der Waals surface area contributed by atoms with Crippen molar-refractivity contribution in [2.45, 2.75) is 52.9 Å². The van der Waals surface area contributed by atoms with Crippen molar-refractivity contribution >= 4 is 34.7 Å². The number of carbonyl (C=O) groups excluding carboxylic acids is 2. The van der Waals surface area contributed by atoms with E-state index in [9.17, 15) is 19.7 Å². The van der Waals surface area contributed by atoms with Crippen molar-refractivity contribution in [1.29, 1.82) is 0 Å². The first kappa shape index (κ1) is 25.5. The molecule has 3 atom stereocenters. The molecular weight excluding hydrogens is 464 g/mol. The lowest BCUT2D eigenvalue weighted by atomic mass is 9.78. The summed E-state index contributed by atoms with van der Waals surface area (Å²) in [5.74, 6) is -0.926. The third-order valence-electron chi connectivity index (χ3n) is 8.31. The first-order valence-corrected chi connectivity index (χ1v) is 13.0. The molecule has 0 radical (unpaired) electrons. The lowest BCUT2D eigenvalue weighted by molar-refractivity contribution is -0.490. The van der Waals surface area contributed by atoms with E-state index in [0.29, 0.717) is 19.5 Å². The van der Waals surface area contributed by atoms with Gasteiger partial charge in [0.2, 0.25) is 12.5 Å². The Balaban J connectivity index is 1.30. The number of hydrogen-bond donors (Lipinski definition) is 1. The molecule has 9 heteroatoms. The maximum Gasteiger partial charge on any atom is 0.223 e. The molecule has 0 aromatic heterocycles. The van der Waals surface area contributed by atoms with Crippen LogP contribution in [0.4, 0.5) is 5.69 Å². The van der Waals surface area contributed by atoms with Gasteiger partial charge in [0.05, 0.1) is 0 Å². The summed E-state index contributed by atoms with van der Waals surface area (Å²) in [6.07, 6.45) is 3.33. The summed E-state index contributed by atoms with van der Waals surface area (Å²) in [5, 5.41) is 15.2. The number of amides is 1. The summed E-state index contributed by atoms with van der Waals surface area (Å²) in [6, 6.07) is 6.33. The van der Waals surface area contributed by atoms with E-state index in [0.717, 1.165) is 43.2 Å². The Bertz CT molecular complexity index is 1000. The van der Waals surface area contributed by atoms with Crippen molar-refractivity contribution in [3.63, 3.8) is 0 Å². The number of rotatable bonds is 5. The molecule has 190 valence electrons. The predicted octanol–water partition coefficient (Wildman–Crippen LogP) is 3.82. The molecular formula is C26H36N4O4S. The molecule has 3 aliphatic rings. The summed E-state index contributed by atoms with van der Waals surface area (Å²) in [5.41, 5.74) is 3.50. The van der Waals surface area contributed by atoms with Gasteiger partial charge in [0, 0.05) is 61.5 Å². The summed E-state index contributed by atoms with van der Waals surface area (Å²) in [6.45, 7) is 8.89. The Morgan fingerprint density at radius 3 is 2.34 bits per heavy atom. The van der Waals surface area contributed by atoms with Crippen LogP contribution in [-0.4, -0.2) is 64.2 Å². The SMILES string of the molecule is Cc1cc(C)cc(NC(=S)N2CCC3(CCN(C(=O)CC4C(=O)CC(C)C4C[N+](=O)[O-])C3)CC2)c1.